The van der Waals surface area contributed by atoms with E-state index in [-0.39, 0.29) is 5.91 Å². The molecule has 4 nitrogen and oxygen atoms in total. The monoisotopic (exact) mass is 228 g/mol. The van der Waals surface area contributed by atoms with Gasteiger partial charge in [0.15, 0.2) is 0 Å². The van der Waals surface area contributed by atoms with Crippen LogP contribution in [0, 0.1) is 5.92 Å². The molecule has 0 aliphatic heterocycles. The van der Waals surface area contributed by atoms with Crippen LogP contribution in [0.5, 0.6) is 0 Å². The molecule has 1 aliphatic rings. The smallest absolute Gasteiger partial charge is 0.241 e. The van der Waals surface area contributed by atoms with E-state index in [1.54, 1.807) is 12.0 Å². The highest BCUT2D eigenvalue weighted by molar-refractivity contribution is 5.81. The fourth-order valence-electron chi connectivity index (χ4n) is 2.38. The minimum atomic E-state index is -0.515. The fraction of sp³-hybridized carbons (Fsp3) is 0.917. The molecule has 0 aromatic heterocycles. The highest BCUT2D eigenvalue weighted by Crippen LogP contribution is 2.24. The van der Waals surface area contributed by atoms with Gasteiger partial charge in [0.05, 0.1) is 6.61 Å². The average Bonchev–Trinajstić information content (AvgIpc) is 2.29. The molecule has 2 N–H and O–H groups in total. The lowest BCUT2D eigenvalue weighted by atomic mass is 9.89. The first kappa shape index (κ1) is 13.5. The molecule has 16 heavy (non-hydrogen) atoms. The van der Waals surface area contributed by atoms with Crippen molar-refractivity contribution in [1.29, 1.82) is 0 Å². The molecule has 0 radical (unpaired) electrons. The standard InChI is InChI=1S/C12H24N2O2/c1-14(12(15)11(13)9-16-2)8-10-6-4-3-5-7-10/h10-11H,3-9,13H2,1-2H3. The maximum atomic E-state index is 11.8. The van der Waals surface area contributed by atoms with Crippen molar-refractivity contribution in [3.05, 3.63) is 0 Å². The zero-order chi connectivity index (χ0) is 12.0. The molecule has 0 bridgehead atoms. The number of methoxy groups -OCH3 is 1. The van der Waals surface area contributed by atoms with Gasteiger partial charge < -0.3 is 15.4 Å². The Balaban J connectivity index is 2.32. The van der Waals surface area contributed by atoms with Gasteiger partial charge in [-0.25, -0.2) is 0 Å². The van der Waals surface area contributed by atoms with Crippen LogP contribution < -0.4 is 5.73 Å². The number of rotatable bonds is 5. The van der Waals surface area contributed by atoms with Crippen LogP contribution in [0.4, 0.5) is 0 Å². The van der Waals surface area contributed by atoms with Gasteiger partial charge in [-0.05, 0) is 18.8 Å². The van der Waals surface area contributed by atoms with Gasteiger partial charge >= 0.3 is 0 Å². The van der Waals surface area contributed by atoms with Gasteiger partial charge in [-0.15, -0.1) is 0 Å². The summed E-state index contributed by atoms with van der Waals surface area (Å²) in [5, 5.41) is 0. The first-order valence-electron chi connectivity index (χ1n) is 6.14. The number of carbonyl (C=O) groups excluding carboxylic acids is 1. The molecule has 1 unspecified atom stereocenters. The molecular weight excluding hydrogens is 204 g/mol. The third-order valence-electron chi connectivity index (χ3n) is 3.30. The van der Waals surface area contributed by atoms with Gasteiger partial charge in [-0.3, -0.25) is 4.79 Å². The van der Waals surface area contributed by atoms with Crippen molar-refractivity contribution in [3.63, 3.8) is 0 Å². The van der Waals surface area contributed by atoms with E-state index in [1.165, 1.54) is 32.1 Å². The molecule has 1 amide bonds. The number of hydrogen-bond donors (Lipinski definition) is 1. The molecule has 0 aromatic rings. The first-order valence-corrected chi connectivity index (χ1v) is 6.14. The summed E-state index contributed by atoms with van der Waals surface area (Å²) < 4.78 is 4.89. The average molecular weight is 228 g/mol. The molecule has 1 saturated carbocycles. The summed E-state index contributed by atoms with van der Waals surface area (Å²) in [6, 6.07) is -0.515. The van der Waals surface area contributed by atoms with Crippen molar-refractivity contribution in [1.82, 2.24) is 4.90 Å². The van der Waals surface area contributed by atoms with Crippen molar-refractivity contribution in [2.24, 2.45) is 11.7 Å². The van der Waals surface area contributed by atoms with Crippen LogP contribution in [-0.2, 0) is 9.53 Å². The maximum Gasteiger partial charge on any atom is 0.241 e. The Labute approximate surface area is 98.1 Å². The molecule has 4 heteroatoms. The van der Waals surface area contributed by atoms with E-state index >= 15 is 0 Å². The maximum absolute atomic E-state index is 11.8. The van der Waals surface area contributed by atoms with Crippen LogP contribution in [0.2, 0.25) is 0 Å². The summed E-state index contributed by atoms with van der Waals surface area (Å²) in [4.78, 5) is 13.6. The lowest BCUT2D eigenvalue weighted by Crippen LogP contribution is -2.46. The molecular formula is C12H24N2O2. The van der Waals surface area contributed by atoms with Crippen LogP contribution in [0.15, 0.2) is 0 Å². The second kappa shape index (κ2) is 6.86. The molecule has 0 saturated heterocycles. The highest BCUT2D eigenvalue weighted by Gasteiger charge is 2.21. The summed E-state index contributed by atoms with van der Waals surface area (Å²) in [5.74, 6) is 0.657. The van der Waals surface area contributed by atoms with Crippen molar-refractivity contribution >= 4 is 5.91 Å². The van der Waals surface area contributed by atoms with E-state index in [9.17, 15) is 4.79 Å². The van der Waals surface area contributed by atoms with E-state index in [1.807, 2.05) is 7.05 Å². The molecule has 1 atom stereocenters. The normalized spacial score (nSPS) is 19.4. The second-order valence-corrected chi connectivity index (χ2v) is 4.78. The van der Waals surface area contributed by atoms with Crippen molar-refractivity contribution in [2.45, 2.75) is 38.1 Å². The van der Waals surface area contributed by atoms with E-state index in [2.05, 4.69) is 0 Å². The summed E-state index contributed by atoms with van der Waals surface area (Å²) in [5.41, 5.74) is 5.72. The molecule has 0 spiro atoms. The number of nitrogens with two attached hydrogens (primary N) is 1. The van der Waals surface area contributed by atoms with Gasteiger partial charge in [-0.2, -0.15) is 0 Å². The summed E-state index contributed by atoms with van der Waals surface area (Å²) in [6.45, 7) is 1.14. The molecule has 94 valence electrons. The fourth-order valence-corrected chi connectivity index (χ4v) is 2.38. The zero-order valence-corrected chi connectivity index (χ0v) is 10.4. The number of hydrogen-bond acceptors (Lipinski definition) is 3. The van der Waals surface area contributed by atoms with Gasteiger partial charge in [0.1, 0.15) is 6.04 Å². The minimum absolute atomic E-state index is 0.00702. The Morgan fingerprint density at radius 1 is 1.44 bits per heavy atom. The van der Waals surface area contributed by atoms with Crippen molar-refractivity contribution in [2.75, 3.05) is 27.3 Å². The lowest BCUT2D eigenvalue weighted by Gasteiger charge is -2.28. The molecule has 0 heterocycles. The van der Waals surface area contributed by atoms with Crippen molar-refractivity contribution < 1.29 is 9.53 Å². The van der Waals surface area contributed by atoms with Crippen LogP contribution in [-0.4, -0.2) is 44.2 Å². The van der Waals surface area contributed by atoms with Gasteiger partial charge in [-0.1, -0.05) is 19.3 Å². The largest absolute Gasteiger partial charge is 0.383 e. The quantitative estimate of drug-likeness (QED) is 0.763. The lowest BCUT2D eigenvalue weighted by molar-refractivity contribution is -0.133. The number of nitrogens with zero attached hydrogens (tertiary/aromatic N) is 1. The topological polar surface area (TPSA) is 55.6 Å². The van der Waals surface area contributed by atoms with Crippen LogP contribution in [0.25, 0.3) is 0 Å². The first-order chi connectivity index (χ1) is 7.65. The zero-order valence-electron chi connectivity index (χ0n) is 10.4. The third-order valence-corrected chi connectivity index (χ3v) is 3.30. The summed E-state index contributed by atoms with van der Waals surface area (Å²) >= 11 is 0. The van der Waals surface area contributed by atoms with E-state index in [0.717, 1.165) is 6.54 Å². The SMILES string of the molecule is COCC(N)C(=O)N(C)CC1CCCCC1. The van der Waals surface area contributed by atoms with Gasteiger partial charge in [0.25, 0.3) is 0 Å². The molecule has 1 aliphatic carbocycles. The summed E-state index contributed by atoms with van der Waals surface area (Å²) in [6.07, 6.45) is 6.44. The number of amides is 1. The predicted octanol–water partition coefficient (Wildman–Crippen LogP) is 0.999. The van der Waals surface area contributed by atoms with E-state index < -0.39 is 6.04 Å². The minimum Gasteiger partial charge on any atom is -0.383 e. The number of carbonyl (C=O) groups is 1. The molecule has 1 fully saturated rings. The molecule has 1 rings (SSSR count). The van der Waals surface area contributed by atoms with Crippen LogP contribution in [0.3, 0.4) is 0 Å². The Bertz CT molecular complexity index is 215. The summed E-state index contributed by atoms with van der Waals surface area (Å²) in [7, 11) is 3.40. The predicted molar refractivity (Wildman–Crippen MR) is 64.1 cm³/mol. The third kappa shape index (κ3) is 4.10. The molecule has 0 aromatic carbocycles. The Hall–Kier alpha value is -0.610. The van der Waals surface area contributed by atoms with Gasteiger partial charge in [0, 0.05) is 20.7 Å². The Morgan fingerprint density at radius 2 is 2.06 bits per heavy atom. The Kier molecular flexibility index (Phi) is 5.77. The number of ether oxygens (including phenoxy) is 1. The van der Waals surface area contributed by atoms with Gasteiger partial charge in [0.2, 0.25) is 5.91 Å². The Morgan fingerprint density at radius 3 is 2.62 bits per heavy atom. The van der Waals surface area contributed by atoms with E-state index in [4.69, 9.17) is 10.5 Å². The van der Waals surface area contributed by atoms with Crippen LogP contribution >= 0.6 is 0 Å². The highest BCUT2D eigenvalue weighted by atomic mass is 16.5. The van der Waals surface area contributed by atoms with Crippen molar-refractivity contribution in [3.8, 4) is 0 Å². The van der Waals surface area contributed by atoms with E-state index in [0.29, 0.717) is 12.5 Å². The second-order valence-electron chi connectivity index (χ2n) is 4.78. The number of likely N-dealkylation sites (N-methyl/N-ethyl adjacent to an activating group) is 1. The van der Waals surface area contributed by atoms with Crippen LogP contribution in [0.1, 0.15) is 32.1 Å².